The maximum atomic E-state index is 12.4. The number of nitrogens with zero attached hydrogens (tertiary/aromatic N) is 3. The van der Waals surface area contributed by atoms with Gasteiger partial charge in [0.25, 0.3) is 0 Å². The number of likely N-dealkylation sites (N-methyl/N-ethyl adjacent to an activating group) is 1. The van der Waals surface area contributed by atoms with Crippen molar-refractivity contribution >= 4 is 18.0 Å². The minimum atomic E-state index is -0.694. The molecule has 2 heterocycles. The molecule has 2 atom stereocenters. The van der Waals surface area contributed by atoms with Crippen molar-refractivity contribution in [3.8, 4) is 0 Å². The molecule has 0 radical (unpaired) electrons. The van der Waals surface area contributed by atoms with Crippen LogP contribution in [0.3, 0.4) is 0 Å². The van der Waals surface area contributed by atoms with Gasteiger partial charge in [0.05, 0.1) is 6.54 Å². The first kappa shape index (κ1) is 15.6. The van der Waals surface area contributed by atoms with Crippen molar-refractivity contribution in [2.24, 2.45) is 10.7 Å². The van der Waals surface area contributed by atoms with Crippen LogP contribution in [0, 0.1) is 0 Å². The molecule has 0 bridgehead atoms. The van der Waals surface area contributed by atoms with E-state index in [2.05, 4.69) is 4.99 Å². The highest BCUT2D eigenvalue weighted by atomic mass is 16.6. The van der Waals surface area contributed by atoms with Gasteiger partial charge in [-0.2, -0.15) is 4.99 Å². The number of amidine groups is 1. The van der Waals surface area contributed by atoms with Crippen LogP contribution in [0.1, 0.15) is 40.5 Å². The number of nitrogens with two attached hydrogens (primary N) is 1. The maximum Gasteiger partial charge on any atom is 0.410 e. The molecule has 118 valence electrons. The van der Waals surface area contributed by atoms with E-state index in [0.29, 0.717) is 13.0 Å². The number of carbonyl (C=O) groups excluding carboxylic acids is 2. The summed E-state index contributed by atoms with van der Waals surface area (Å²) in [5.74, 6) is 0.287. The van der Waals surface area contributed by atoms with Gasteiger partial charge < -0.3 is 20.3 Å². The zero-order valence-corrected chi connectivity index (χ0v) is 13.3. The fourth-order valence-corrected chi connectivity index (χ4v) is 2.81. The van der Waals surface area contributed by atoms with Gasteiger partial charge in [0.1, 0.15) is 17.0 Å². The van der Waals surface area contributed by atoms with Crippen molar-refractivity contribution in [3.63, 3.8) is 0 Å². The van der Waals surface area contributed by atoms with E-state index < -0.39 is 11.1 Å². The molecule has 2 aliphatic heterocycles. The fourth-order valence-electron chi connectivity index (χ4n) is 2.81. The Hall–Kier alpha value is -1.79. The average molecular weight is 296 g/mol. The third-order valence-corrected chi connectivity index (χ3v) is 4.19. The van der Waals surface area contributed by atoms with Crippen LogP contribution in [0.4, 0.5) is 9.59 Å². The molecular weight excluding hydrogens is 272 g/mol. The molecule has 7 nitrogen and oxygen atoms in total. The quantitative estimate of drug-likeness (QED) is 0.735. The van der Waals surface area contributed by atoms with E-state index in [1.54, 1.807) is 11.9 Å². The number of rotatable bonds is 0. The molecule has 7 heteroatoms. The molecule has 1 fully saturated rings. The van der Waals surface area contributed by atoms with E-state index in [-0.39, 0.29) is 24.0 Å². The maximum absolute atomic E-state index is 12.4. The minimum absolute atomic E-state index is 0.0439. The smallest absolute Gasteiger partial charge is 0.410 e. The van der Waals surface area contributed by atoms with Crippen molar-refractivity contribution in [3.05, 3.63) is 0 Å². The van der Waals surface area contributed by atoms with E-state index in [9.17, 15) is 9.59 Å². The lowest BCUT2D eigenvalue weighted by atomic mass is 9.84. The van der Waals surface area contributed by atoms with Crippen molar-refractivity contribution < 1.29 is 14.3 Å². The molecule has 0 aromatic rings. The summed E-state index contributed by atoms with van der Waals surface area (Å²) in [6, 6.07) is -0.312. The largest absolute Gasteiger partial charge is 0.444 e. The average Bonchev–Trinajstić information content (AvgIpc) is 2.54. The van der Waals surface area contributed by atoms with E-state index in [4.69, 9.17) is 10.5 Å². The monoisotopic (exact) mass is 296 g/mol. The Bertz CT molecular complexity index is 497. The standard InChI is InChI=1S/C14H24N4O3/c1-9-6-7-14(10(15)16-11(19)17(14)5)8-18(9)12(20)21-13(2,3)4/h9H,6-8H2,1-5H3,(H2,15,16,19). The van der Waals surface area contributed by atoms with Crippen LogP contribution in [0.2, 0.25) is 0 Å². The molecule has 0 aromatic heterocycles. The van der Waals surface area contributed by atoms with Gasteiger partial charge in [0.15, 0.2) is 0 Å². The summed E-state index contributed by atoms with van der Waals surface area (Å²) in [4.78, 5) is 31.2. The normalized spacial score (nSPS) is 29.9. The lowest BCUT2D eigenvalue weighted by molar-refractivity contribution is -0.00245. The molecule has 2 N–H and O–H groups in total. The number of ether oxygens (including phenoxy) is 1. The summed E-state index contributed by atoms with van der Waals surface area (Å²) in [7, 11) is 1.68. The van der Waals surface area contributed by atoms with Gasteiger partial charge in [0, 0.05) is 13.1 Å². The van der Waals surface area contributed by atoms with Crippen LogP contribution in [-0.2, 0) is 4.74 Å². The lowest BCUT2D eigenvalue weighted by Crippen LogP contribution is -2.64. The van der Waals surface area contributed by atoms with Crippen LogP contribution in [0.25, 0.3) is 0 Å². The SMILES string of the molecule is CC1CCC2(CN1C(=O)OC(C)(C)C)C(N)=NC(=O)N2C. The molecule has 0 saturated carbocycles. The molecular formula is C14H24N4O3. The molecule has 1 spiro atoms. The Morgan fingerprint density at radius 1 is 1.48 bits per heavy atom. The third-order valence-electron chi connectivity index (χ3n) is 4.19. The number of piperidine rings is 1. The molecule has 2 unspecified atom stereocenters. The number of likely N-dealkylation sites (tertiary alicyclic amines) is 1. The van der Waals surface area contributed by atoms with Crippen molar-refractivity contribution in [1.29, 1.82) is 0 Å². The zero-order chi connectivity index (χ0) is 16.0. The Morgan fingerprint density at radius 2 is 2.10 bits per heavy atom. The van der Waals surface area contributed by atoms with Crippen LogP contribution < -0.4 is 5.73 Å². The van der Waals surface area contributed by atoms with Crippen molar-refractivity contribution in [2.45, 2.75) is 57.7 Å². The Kier molecular flexibility index (Phi) is 3.63. The van der Waals surface area contributed by atoms with Crippen LogP contribution in [-0.4, -0.2) is 58.5 Å². The second-order valence-electron chi connectivity index (χ2n) is 6.87. The van der Waals surface area contributed by atoms with Gasteiger partial charge in [-0.25, -0.2) is 9.59 Å². The highest BCUT2D eigenvalue weighted by molar-refractivity contribution is 6.06. The Labute approximate surface area is 125 Å². The predicted molar refractivity (Wildman–Crippen MR) is 79.1 cm³/mol. The first-order valence-corrected chi connectivity index (χ1v) is 7.19. The number of aliphatic imine (C=N–C) groups is 1. The number of urea groups is 1. The summed E-state index contributed by atoms with van der Waals surface area (Å²) in [5.41, 5.74) is 4.72. The van der Waals surface area contributed by atoms with Crippen LogP contribution >= 0.6 is 0 Å². The summed E-state index contributed by atoms with van der Waals surface area (Å²) in [5, 5.41) is 0. The highest BCUT2D eigenvalue weighted by Gasteiger charge is 2.51. The first-order chi connectivity index (χ1) is 9.57. The molecule has 0 aromatic carbocycles. The second-order valence-corrected chi connectivity index (χ2v) is 6.87. The summed E-state index contributed by atoms with van der Waals surface area (Å²) >= 11 is 0. The van der Waals surface area contributed by atoms with Gasteiger partial charge in [-0.15, -0.1) is 0 Å². The van der Waals surface area contributed by atoms with E-state index in [1.807, 2.05) is 27.7 Å². The number of amides is 3. The minimum Gasteiger partial charge on any atom is -0.444 e. The Morgan fingerprint density at radius 3 is 2.57 bits per heavy atom. The van der Waals surface area contributed by atoms with E-state index in [0.717, 1.165) is 6.42 Å². The first-order valence-electron chi connectivity index (χ1n) is 7.19. The van der Waals surface area contributed by atoms with E-state index >= 15 is 0 Å². The molecule has 2 aliphatic rings. The highest BCUT2D eigenvalue weighted by Crippen LogP contribution is 2.34. The lowest BCUT2D eigenvalue weighted by Gasteiger charge is -2.46. The van der Waals surface area contributed by atoms with Gasteiger partial charge in [0.2, 0.25) is 0 Å². The summed E-state index contributed by atoms with van der Waals surface area (Å²) < 4.78 is 5.45. The van der Waals surface area contributed by atoms with Gasteiger partial charge >= 0.3 is 12.1 Å². The zero-order valence-electron chi connectivity index (χ0n) is 13.3. The van der Waals surface area contributed by atoms with Gasteiger partial charge in [-0.05, 0) is 40.5 Å². The molecule has 1 saturated heterocycles. The second kappa shape index (κ2) is 4.89. The third kappa shape index (κ3) is 2.69. The van der Waals surface area contributed by atoms with Crippen LogP contribution in [0.5, 0.6) is 0 Å². The van der Waals surface area contributed by atoms with Gasteiger partial charge in [-0.3, -0.25) is 0 Å². The summed E-state index contributed by atoms with van der Waals surface area (Å²) in [6.45, 7) is 7.78. The van der Waals surface area contributed by atoms with E-state index in [1.165, 1.54) is 4.90 Å². The number of hydrogen-bond donors (Lipinski definition) is 1. The Balaban J connectivity index is 2.23. The van der Waals surface area contributed by atoms with Crippen molar-refractivity contribution in [2.75, 3.05) is 13.6 Å². The van der Waals surface area contributed by atoms with Crippen molar-refractivity contribution in [1.82, 2.24) is 9.80 Å². The fraction of sp³-hybridized carbons (Fsp3) is 0.786. The number of hydrogen-bond acceptors (Lipinski definition) is 4. The molecule has 21 heavy (non-hydrogen) atoms. The summed E-state index contributed by atoms with van der Waals surface area (Å²) in [6.07, 6.45) is 1.06. The van der Waals surface area contributed by atoms with Gasteiger partial charge in [-0.1, -0.05) is 0 Å². The molecule has 2 rings (SSSR count). The van der Waals surface area contributed by atoms with Crippen LogP contribution in [0.15, 0.2) is 4.99 Å². The molecule has 3 amide bonds. The number of carbonyl (C=O) groups is 2. The predicted octanol–water partition coefficient (Wildman–Crippen LogP) is 1.57. The topological polar surface area (TPSA) is 88.2 Å². The molecule has 0 aliphatic carbocycles.